The van der Waals surface area contributed by atoms with Gasteiger partial charge >= 0.3 is 13.5 Å². The number of nitrogens with one attached hydrogen (secondary N) is 2. The van der Waals surface area contributed by atoms with E-state index < -0.39 is 19.0 Å². The molecule has 37 heavy (non-hydrogen) atoms. The number of benzene rings is 2. The van der Waals surface area contributed by atoms with Gasteiger partial charge in [-0.05, 0) is 50.1 Å². The topological polar surface area (TPSA) is 116 Å². The Balaban J connectivity index is 1.45. The monoisotopic (exact) mass is 535 g/mol. The van der Waals surface area contributed by atoms with Gasteiger partial charge in [0, 0.05) is 25.1 Å². The molecule has 3 N–H and O–H groups in total. The molecule has 0 aliphatic carbocycles. The third-order valence-electron chi connectivity index (χ3n) is 6.28. The molecule has 0 spiro atoms. The lowest BCUT2D eigenvalue weighted by atomic mass is 9.92. The number of aliphatic imine (C=N–C) groups is 1. The maximum absolute atomic E-state index is 13.7. The van der Waals surface area contributed by atoms with Crippen LogP contribution in [0, 0.1) is 13.8 Å². The molecule has 0 amide bonds. The average molecular weight is 536 g/mol. The highest BCUT2D eigenvalue weighted by Gasteiger charge is 2.35. The molecular formula is C26H26N5O4PS. The number of hydrogen-bond acceptors (Lipinski definition) is 8. The maximum atomic E-state index is 13.7. The highest BCUT2D eigenvalue weighted by molar-refractivity contribution is 7.68. The number of anilines is 1. The number of thiazole rings is 1. The number of carboxylic acid groups (broad SMARTS) is 1. The zero-order chi connectivity index (χ0) is 26.4. The van der Waals surface area contributed by atoms with Gasteiger partial charge in [-0.25, -0.2) is 20.2 Å². The molecule has 2 aliphatic rings. The fraction of sp³-hybridized carbons (Fsp3) is 0.192. The first-order valence-electron chi connectivity index (χ1n) is 11.5. The number of hydrogen-bond donors (Lipinski definition) is 3. The minimum absolute atomic E-state index is 0.0115. The first-order chi connectivity index (χ1) is 17.6. The molecule has 0 saturated carbocycles. The van der Waals surface area contributed by atoms with Gasteiger partial charge < -0.3 is 9.63 Å². The Hall–Kier alpha value is -3.56. The number of aryl methyl sites for hydroxylation is 2. The number of nitrogens with zero attached hydrogens (tertiary/aromatic N) is 3. The summed E-state index contributed by atoms with van der Waals surface area (Å²) >= 11 is 1.01. The van der Waals surface area contributed by atoms with Crippen LogP contribution < -0.4 is 15.8 Å². The van der Waals surface area contributed by atoms with Gasteiger partial charge in [-0.2, -0.15) is 0 Å². The summed E-state index contributed by atoms with van der Waals surface area (Å²) in [6, 6.07) is 13.2. The van der Waals surface area contributed by atoms with Crippen molar-refractivity contribution < 1.29 is 19.0 Å². The molecular weight excluding hydrogens is 509 g/mol. The van der Waals surface area contributed by atoms with Crippen LogP contribution in [0.25, 0.3) is 10.6 Å². The standard InChI is InChI=1S/C26H26N5O4PS/c1-16-6-11-20(17(2)14-16)36(34,35-4)29-23-22(25(32)33)37-24(28-23)18-7-9-19(10-8-18)26(3)15-21-27-12-5-13-31(21)30-26/h5-15,30H,1-4H3,(H,29,34)(H,32,33). The average Bonchev–Trinajstić information content (AvgIpc) is 3.45. The lowest BCUT2D eigenvalue weighted by Gasteiger charge is -2.27. The number of allylic oxidation sites excluding steroid dienone is 1. The predicted octanol–water partition coefficient (Wildman–Crippen LogP) is 5.18. The molecule has 0 bridgehead atoms. The molecule has 3 heterocycles. The Bertz CT molecular complexity index is 1530. The van der Waals surface area contributed by atoms with Crippen molar-refractivity contribution in [3.8, 4) is 10.6 Å². The fourth-order valence-corrected chi connectivity index (χ4v) is 6.96. The summed E-state index contributed by atoms with van der Waals surface area (Å²) in [6.45, 7) is 5.84. The first-order valence-corrected chi connectivity index (χ1v) is 13.9. The second-order valence-electron chi connectivity index (χ2n) is 9.02. The Labute approximate surface area is 218 Å². The number of hydrazine groups is 1. The molecule has 2 atom stereocenters. The van der Waals surface area contributed by atoms with Crippen LogP contribution in [0.4, 0.5) is 5.82 Å². The summed E-state index contributed by atoms with van der Waals surface area (Å²) in [5.74, 6) is -0.328. The summed E-state index contributed by atoms with van der Waals surface area (Å²) in [4.78, 5) is 20.9. The van der Waals surface area contributed by atoms with Gasteiger partial charge in [0.2, 0.25) is 0 Å². The maximum Gasteiger partial charge on any atom is 0.349 e. The van der Waals surface area contributed by atoms with Crippen LogP contribution in [-0.4, -0.2) is 34.4 Å². The second kappa shape index (κ2) is 9.39. The minimum atomic E-state index is -3.63. The normalized spacial score (nSPS) is 19.9. The summed E-state index contributed by atoms with van der Waals surface area (Å²) < 4.78 is 19.2. The van der Waals surface area contributed by atoms with E-state index in [1.165, 1.54) is 7.11 Å². The van der Waals surface area contributed by atoms with Gasteiger partial charge in [-0.3, -0.25) is 14.7 Å². The van der Waals surface area contributed by atoms with Crippen LogP contribution in [0.5, 0.6) is 0 Å². The first kappa shape index (κ1) is 25.1. The number of fused-ring (bicyclic) bond motifs is 1. The van der Waals surface area contributed by atoms with E-state index in [4.69, 9.17) is 4.52 Å². The van der Waals surface area contributed by atoms with E-state index in [0.717, 1.165) is 39.4 Å². The van der Waals surface area contributed by atoms with Crippen LogP contribution in [0.15, 0.2) is 71.6 Å². The van der Waals surface area contributed by atoms with E-state index in [2.05, 4.69) is 27.4 Å². The molecule has 9 nitrogen and oxygen atoms in total. The van der Waals surface area contributed by atoms with Crippen molar-refractivity contribution in [3.63, 3.8) is 0 Å². The molecule has 2 aromatic carbocycles. The van der Waals surface area contributed by atoms with Gasteiger partial charge in [-0.15, -0.1) is 11.3 Å². The fourth-order valence-electron chi connectivity index (χ4n) is 4.38. The zero-order valence-corrected chi connectivity index (χ0v) is 22.4. The van der Waals surface area contributed by atoms with Crippen molar-refractivity contribution >= 4 is 42.2 Å². The van der Waals surface area contributed by atoms with Gasteiger partial charge in [0.15, 0.2) is 10.7 Å². The highest BCUT2D eigenvalue weighted by atomic mass is 32.1. The second-order valence-corrected chi connectivity index (χ2v) is 12.2. The predicted molar refractivity (Wildman–Crippen MR) is 146 cm³/mol. The molecule has 1 aromatic heterocycles. The van der Waals surface area contributed by atoms with Crippen LogP contribution in [-0.2, 0) is 14.6 Å². The van der Waals surface area contributed by atoms with Crippen molar-refractivity contribution in [1.29, 1.82) is 0 Å². The highest BCUT2D eigenvalue weighted by Crippen LogP contribution is 2.47. The quantitative estimate of drug-likeness (QED) is 0.355. The molecule has 5 rings (SSSR count). The molecule has 0 saturated heterocycles. The Morgan fingerprint density at radius 3 is 2.62 bits per heavy atom. The Morgan fingerprint density at radius 1 is 1.22 bits per heavy atom. The van der Waals surface area contributed by atoms with Crippen molar-refractivity contribution in [3.05, 3.63) is 88.2 Å². The van der Waals surface area contributed by atoms with E-state index in [0.29, 0.717) is 10.3 Å². The molecule has 190 valence electrons. The van der Waals surface area contributed by atoms with Crippen molar-refractivity contribution in [2.24, 2.45) is 4.99 Å². The SMILES string of the molecule is COP(=O)(Nc1nc(-c2ccc(C3(C)C=C4N=CC=CN4N3)cc2)sc1C(=O)O)c1ccc(C)cc1C. The lowest BCUT2D eigenvalue weighted by molar-refractivity contribution is 0.0703. The number of aromatic carboxylic acids is 1. The summed E-state index contributed by atoms with van der Waals surface area (Å²) in [5, 5.41) is 15.5. The van der Waals surface area contributed by atoms with E-state index in [-0.39, 0.29) is 10.7 Å². The number of aromatic nitrogens is 1. The van der Waals surface area contributed by atoms with Gasteiger partial charge in [0.25, 0.3) is 0 Å². The van der Waals surface area contributed by atoms with Crippen LogP contribution in [0.2, 0.25) is 0 Å². The summed E-state index contributed by atoms with van der Waals surface area (Å²) in [5.41, 5.74) is 6.52. The third-order valence-corrected chi connectivity index (χ3v) is 9.53. The molecule has 0 fully saturated rings. The summed E-state index contributed by atoms with van der Waals surface area (Å²) in [6.07, 6.45) is 7.56. The van der Waals surface area contributed by atoms with E-state index >= 15 is 0 Å². The molecule has 11 heteroatoms. The molecule has 2 aliphatic heterocycles. The number of rotatable bonds is 7. The van der Waals surface area contributed by atoms with Crippen molar-refractivity contribution in [2.75, 3.05) is 12.2 Å². The number of carboxylic acids is 1. The molecule has 0 radical (unpaired) electrons. The van der Waals surface area contributed by atoms with E-state index in [1.807, 2.05) is 73.6 Å². The van der Waals surface area contributed by atoms with Crippen LogP contribution in [0.3, 0.4) is 0 Å². The van der Waals surface area contributed by atoms with Gasteiger partial charge in [0.1, 0.15) is 10.8 Å². The number of carbonyl (C=O) groups is 1. The van der Waals surface area contributed by atoms with Crippen molar-refractivity contribution in [2.45, 2.75) is 26.3 Å². The van der Waals surface area contributed by atoms with Crippen LogP contribution in [0.1, 0.15) is 33.3 Å². The van der Waals surface area contributed by atoms with E-state index in [9.17, 15) is 14.5 Å². The van der Waals surface area contributed by atoms with Gasteiger partial charge in [0.05, 0.1) is 10.8 Å². The van der Waals surface area contributed by atoms with Gasteiger partial charge in [-0.1, -0.05) is 42.0 Å². The van der Waals surface area contributed by atoms with Crippen LogP contribution >= 0.6 is 18.9 Å². The lowest BCUT2D eigenvalue weighted by Crippen LogP contribution is -2.40. The minimum Gasteiger partial charge on any atom is -0.477 e. The van der Waals surface area contributed by atoms with E-state index in [1.54, 1.807) is 12.3 Å². The largest absolute Gasteiger partial charge is 0.477 e. The molecule has 2 unspecified atom stereocenters. The summed E-state index contributed by atoms with van der Waals surface area (Å²) in [7, 11) is -2.29. The Kier molecular flexibility index (Phi) is 6.37. The molecule has 3 aromatic rings. The smallest absolute Gasteiger partial charge is 0.349 e. The van der Waals surface area contributed by atoms with Crippen molar-refractivity contribution in [1.82, 2.24) is 15.4 Å². The Morgan fingerprint density at radius 2 is 1.97 bits per heavy atom. The zero-order valence-electron chi connectivity index (χ0n) is 20.7. The third kappa shape index (κ3) is 4.65.